The Hall–Kier alpha value is -1.26. The van der Waals surface area contributed by atoms with Crippen molar-refractivity contribution in [3.8, 4) is 11.5 Å². The van der Waals surface area contributed by atoms with E-state index in [1.807, 2.05) is 25.2 Å². The number of benzene rings is 1. The molecule has 1 aromatic rings. The Bertz CT molecular complexity index is 391. The van der Waals surface area contributed by atoms with Crippen LogP contribution < -0.4 is 14.8 Å². The molecular weight excluding hydrogens is 230 g/mol. The van der Waals surface area contributed by atoms with E-state index < -0.39 is 6.10 Å². The van der Waals surface area contributed by atoms with E-state index in [2.05, 4.69) is 5.32 Å². The van der Waals surface area contributed by atoms with E-state index in [1.165, 1.54) is 12.8 Å². The fraction of sp³-hybridized carbons (Fsp3) is 0.571. The summed E-state index contributed by atoms with van der Waals surface area (Å²) < 4.78 is 11.0. The van der Waals surface area contributed by atoms with Crippen LogP contribution in [-0.2, 0) is 0 Å². The second kappa shape index (κ2) is 6.07. The molecule has 1 unspecified atom stereocenters. The van der Waals surface area contributed by atoms with E-state index in [9.17, 15) is 5.11 Å². The van der Waals surface area contributed by atoms with Gasteiger partial charge in [-0.2, -0.15) is 0 Å². The van der Waals surface area contributed by atoms with Crippen molar-refractivity contribution in [3.63, 3.8) is 0 Å². The maximum atomic E-state index is 9.90. The molecule has 0 saturated heterocycles. The molecular formula is C14H21NO3. The number of aliphatic hydroxyl groups excluding tert-OH is 1. The number of ether oxygens (including phenoxy) is 2. The smallest absolute Gasteiger partial charge is 0.161 e. The topological polar surface area (TPSA) is 50.7 Å². The largest absolute Gasteiger partial charge is 0.493 e. The normalized spacial score (nSPS) is 16.4. The van der Waals surface area contributed by atoms with E-state index in [-0.39, 0.29) is 0 Å². The second-order valence-electron chi connectivity index (χ2n) is 4.74. The van der Waals surface area contributed by atoms with Crippen molar-refractivity contribution in [2.75, 3.05) is 27.3 Å². The molecule has 4 nitrogen and oxygen atoms in total. The van der Waals surface area contributed by atoms with Gasteiger partial charge >= 0.3 is 0 Å². The number of methoxy groups -OCH3 is 1. The summed E-state index contributed by atoms with van der Waals surface area (Å²) in [6, 6.07) is 5.59. The molecule has 1 fully saturated rings. The van der Waals surface area contributed by atoms with Crippen LogP contribution in [0.3, 0.4) is 0 Å². The van der Waals surface area contributed by atoms with Crippen LogP contribution in [0, 0.1) is 5.92 Å². The summed E-state index contributed by atoms with van der Waals surface area (Å²) in [6.07, 6.45) is 2.00. The summed E-state index contributed by atoms with van der Waals surface area (Å²) in [4.78, 5) is 0. The number of nitrogens with one attached hydrogen (secondary N) is 1. The molecule has 0 heterocycles. The van der Waals surface area contributed by atoms with Crippen molar-refractivity contribution in [3.05, 3.63) is 23.8 Å². The zero-order chi connectivity index (χ0) is 13.0. The van der Waals surface area contributed by atoms with E-state index in [0.29, 0.717) is 18.2 Å². The zero-order valence-electron chi connectivity index (χ0n) is 11.0. The third-order valence-corrected chi connectivity index (χ3v) is 3.14. The summed E-state index contributed by atoms with van der Waals surface area (Å²) in [5.74, 6) is 2.15. The van der Waals surface area contributed by atoms with Gasteiger partial charge in [-0.25, -0.2) is 0 Å². The molecule has 100 valence electrons. The molecule has 0 spiro atoms. The number of hydrogen-bond acceptors (Lipinski definition) is 4. The van der Waals surface area contributed by atoms with Crippen LogP contribution in [0.25, 0.3) is 0 Å². The Labute approximate surface area is 108 Å². The minimum Gasteiger partial charge on any atom is -0.493 e. The van der Waals surface area contributed by atoms with Crippen molar-refractivity contribution in [2.45, 2.75) is 18.9 Å². The van der Waals surface area contributed by atoms with Crippen LogP contribution in [0.2, 0.25) is 0 Å². The monoisotopic (exact) mass is 251 g/mol. The minimum atomic E-state index is -0.526. The van der Waals surface area contributed by atoms with Gasteiger partial charge in [0.15, 0.2) is 11.5 Å². The third-order valence-electron chi connectivity index (χ3n) is 3.14. The third kappa shape index (κ3) is 3.37. The van der Waals surface area contributed by atoms with E-state index in [4.69, 9.17) is 9.47 Å². The standard InChI is InChI=1S/C14H21NO3/c1-15-8-12(16)11-5-6-13(14(7-11)17-2)18-9-10-3-4-10/h5-7,10,12,15-16H,3-4,8-9H2,1-2H3. The summed E-state index contributed by atoms with van der Waals surface area (Å²) in [5, 5.41) is 12.8. The fourth-order valence-corrected chi connectivity index (χ4v) is 1.81. The molecule has 2 rings (SSSR count). The highest BCUT2D eigenvalue weighted by Gasteiger charge is 2.22. The van der Waals surface area contributed by atoms with Gasteiger partial charge in [0.2, 0.25) is 0 Å². The minimum absolute atomic E-state index is 0.519. The van der Waals surface area contributed by atoms with Gasteiger partial charge in [-0.1, -0.05) is 6.07 Å². The molecule has 1 aliphatic rings. The summed E-state index contributed by atoms with van der Waals surface area (Å²) in [5.41, 5.74) is 0.833. The SMILES string of the molecule is CNCC(O)c1ccc(OCC2CC2)c(OC)c1. The summed E-state index contributed by atoms with van der Waals surface area (Å²) in [7, 11) is 3.43. The number of likely N-dealkylation sites (N-methyl/N-ethyl adjacent to an activating group) is 1. The highest BCUT2D eigenvalue weighted by Crippen LogP contribution is 2.34. The van der Waals surface area contributed by atoms with Crippen molar-refractivity contribution in [2.24, 2.45) is 5.92 Å². The van der Waals surface area contributed by atoms with Gasteiger partial charge in [0.1, 0.15) is 0 Å². The molecule has 0 radical (unpaired) electrons. The first kappa shape index (κ1) is 13.2. The van der Waals surface area contributed by atoms with Crippen molar-refractivity contribution in [1.29, 1.82) is 0 Å². The Morgan fingerprint density at radius 2 is 2.17 bits per heavy atom. The Balaban J connectivity index is 2.05. The average Bonchev–Trinajstić information content (AvgIpc) is 3.20. The molecule has 1 aliphatic carbocycles. The van der Waals surface area contributed by atoms with Gasteiger partial charge in [-0.3, -0.25) is 0 Å². The van der Waals surface area contributed by atoms with Gasteiger partial charge in [0, 0.05) is 6.54 Å². The molecule has 0 aliphatic heterocycles. The van der Waals surface area contributed by atoms with E-state index >= 15 is 0 Å². The molecule has 0 amide bonds. The maximum absolute atomic E-state index is 9.90. The second-order valence-corrected chi connectivity index (χ2v) is 4.74. The van der Waals surface area contributed by atoms with Crippen LogP contribution in [0.5, 0.6) is 11.5 Å². The van der Waals surface area contributed by atoms with Gasteiger partial charge in [0.25, 0.3) is 0 Å². The van der Waals surface area contributed by atoms with Gasteiger partial charge < -0.3 is 19.9 Å². The highest BCUT2D eigenvalue weighted by molar-refractivity contribution is 5.43. The molecule has 4 heteroatoms. The molecule has 18 heavy (non-hydrogen) atoms. The first-order valence-corrected chi connectivity index (χ1v) is 6.38. The van der Waals surface area contributed by atoms with Crippen molar-refractivity contribution >= 4 is 0 Å². The van der Waals surface area contributed by atoms with E-state index in [0.717, 1.165) is 17.9 Å². The van der Waals surface area contributed by atoms with Gasteiger partial charge in [0.05, 0.1) is 19.8 Å². The molecule has 1 aromatic carbocycles. The lowest BCUT2D eigenvalue weighted by Gasteiger charge is -2.15. The Morgan fingerprint density at radius 1 is 1.39 bits per heavy atom. The molecule has 0 bridgehead atoms. The predicted molar refractivity (Wildman–Crippen MR) is 70.1 cm³/mol. The quantitative estimate of drug-likeness (QED) is 0.775. The Morgan fingerprint density at radius 3 is 2.78 bits per heavy atom. The highest BCUT2D eigenvalue weighted by atomic mass is 16.5. The predicted octanol–water partition coefficient (Wildman–Crippen LogP) is 1.74. The first-order chi connectivity index (χ1) is 8.74. The van der Waals surface area contributed by atoms with Crippen LogP contribution in [0.1, 0.15) is 24.5 Å². The van der Waals surface area contributed by atoms with Gasteiger partial charge in [-0.15, -0.1) is 0 Å². The van der Waals surface area contributed by atoms with Crippen LogP contribution in [-0.4, -0.2) is 32.4 Å². The van der Waals surface area contributed by atoms with Crippen LogP contribution in [0.4, 0.5) is 0 Å². The lowest BCUT2D eigenvalue weighted by Crippen LogP contribution is -2.16. The molecule has 1 saturated carbocycles. The van der Waals surface area contributed by atoms with Crippen molar-refractivity contribution in [1.82, 2.24) is 5.32 Å². The van der Waals surface area contributed by atoms with Crippen molar-refractivity contribution < 1.29 is 14.6 Å². The number of aliphatic hydroxyl groups is 1. The molecule has 2 N–H and O–H groups in total. The maximum Gasteiger partial charge on any atom is 0.161 e. The first-order valence-electron chi connectivity index (χ1n) is 6.38. The number of rotatable bonds is 7. The van der Waals surface area contributed by atoms with E-state index in [1.54, 1.807) is 7.11 Å². The summed E-state index contributed by atoms with van der Waals surface area (Å²) in [6.45, 7) is 1.28. The molecule has 0 aromatic heterocycles. The fourth-order valence-electron chi connectivity index (χ4n) is 1.81. The lowest BCUT2D eigenvalue weighted by molar-refractivity contribution is 0.177. The van der Waals surface area contributed by atoms with Gasteiger partial charge in [-0.05, 0) is 43.5 Å². The average molecular weight is 251 g/mol. The number of hydrogen-bond donors (Lipinski definition) is 2. The van der Waals surface area contributed by atoms with Crippen LogP contribution >= 0.6 is 0 Å². The zero-order valence-corrected chi connectivity index (χ0v) is 11.0. The van der Waals surface area contributed by atoms with Crippen LogP contribution in [0.15, 0.2) is 18.2 Å². The molecule has 1 atom stereocenters. The Kier molecular flexibility index (Phi) is 4.44. The lowest BCUT2D eigenvalue weighted by atomic mass is 10.1. The summed E-state index contributed by atoms with van der Waals surface area (Å²) >= 11 is 0.